The third-order valence-corrected chi connectivity index (χ3v) is 5.17. The molecule has 0 aromatic carbocycles. The number of hydrogen-bond donors (Lipinski definition) is 2. The van der Waals surface area contributed by atoms with E-state index in [1.54, 1.807) is 18.3 Å². The zero-order chi connectivity index (χ0) is 16.0. The number of aromatic nitrogens is 1. The predicted octanol–water partition coefficient (Wildman–Crippen LogP) is 0.931. The van der Waals surface area contributed by atoms with Crippen LogP contribution in [-0.2, 0) is 10.2 Å². The molecule has 7 nitrogen and oxygen atoms in total. The molecule has 1 aliphatic rings. The molecule has 22 heavy (non-hydrogen) atoms. The second-order valence-corrected chi connectivity index (χ2v) is 7.20. The second kappa shape index (κ2) is 7.54. The van der Waals surface area contributed by atoms with Crippen molar-refractivity contribution in [2.24, 2.45) is 5.92 Å². The normalized spacial score (nSPS) is 19.5. The molecule has 2 N–H and O–H groups in total. The first-order chi connectivity index (χ1) is 10.5. The molecule has 1 fully saturated rings. The van der Waals surface area contributed by atoms with Crippen molar-refractivity contribution in [1.29, 1.82) is 5.26 Å². The van der Waals surface area contributed by atoms with Gasteiger partial charge in [-0.25, -0.2) is 9.71 Å². The summed E-state index contributed by atoms with van der Waals surface area (Å²) in [5, 5.41) is 11.9. The molecule has 1 unspecified atom stereocenters. The van der Waals surface area contributed by atoms with Gasteiger partial charge in [0.25, 0.3) is 10.2 Å². The molecule has 0 bridgehead atoms. The fraction of sp³-hybridized carbons (Fsp3) is 0.571. The van der Waals surface area contributed by atoms with Gasteiger partial charge in [0.15, 0.2) is 0 Å². The van der Waals surface area contributed by atoms with Gasteiger partial charge in [-0.2, -0.15) is 18.0 Å². The number of anilines is 1. The zero-order valence-corrected chi connectivity index (χ0v) is 13.4. The lowest BCUT2D eigenvalue weighted by molar-refractivity contribution is 0.278. The standard InChI is InChI=1S/C14H21N5O2S/c1-12-4-3-9-19(11-12)22(20,21)18-8-7-17-14-13(10-15)5-2-6-16-14/h2,5-6,12,18H,3-4,7-9,11H2,1H3,(H,16,17). The number of piperidine rings is 1. The van der Waals surface area contributed by atoms with E-state index in [-0.39, 0.29) is 6.54 Å². The van der Waals surface area contributed by atoms with Crippen LogP contribution < -0.4 is 10.0 Å². The van der Waals surface area contributed by atoms with Crippen LogP contribution in [0, 0.1) is 17.2 Å². The van der Waals surface area contributed by atoms with Gasteiger partial charge in [-0.3, -0.25) is 0 Å². The molecule has 2 rings (SSSR count). The van der Waals surface area contributed by atoms with Gasteiger partial charge >= 0.3 is 0 Å². The van der Waals surface area contributed by atoms with E-state index in [0.29, 0.717) is 36.9 Å². The maximum atomic E-state index is 12.2. The SMILES string of the molecule is CC1CCCN(S(=O)(=O)NCCNc2ncccc2C#N)C1. The van der Waals surface area contributed by atoms with Crippen LogP contribution in [0.4, 0.5) is 5.82 Å². The van der Waals surface area contributed by atoms with E-state index in [2.05, 4.69) is 21.9 Å². The van der Waals surface area contributed by atoms with Crippen LogP contribution in [-0.4, -0.2) is 43.9 Å². The Morgan fingerprint density at radius 2 is 2.32 bits per heavy atom. The molecule has 120 valence electrons. The molecule has 0 radical (unpaired) electrons. The summed E-state index contributed by atoms with van der Waals surface area (Å²) < 4.78 is 28.5. The molecule has 0 amide bonds. The van der Waals surface area contributed by atoms with Crippen LogP contribution in [0.1, 0.15) is 25.3 Å². The first kappa shape index (κ1) is 16.7. The lowest BCUT2D eigenvalue weighted by Crippen LogP contribution is -2.46. The van der Waals surface area contributed by atoms with Gasteiger partial charge in [0, 0.05) is 32.4 Å². The number of hydrogen-bond acceptors (Lipinski definition) is 5. The Hall–Kier alpha value is -1.69. The highest BCUT2D eigenvalue weighted by molar-refractivity contribution is 7.87. The second-order valence-electron chi connectivity index (χ2n) is 5.44. The van der Waals surface area contributed by atoms with Gasteiger partial charge in [0.05, 0.1) is 5.56 Å². The monoisotopic (exact) mass is 323 g/mol. The number of pyridine rings is 1. The van der Waals surface area contributed by atoms with E-state index in [0.717, 1.165) is 12.8 Å². The summed E-state index contributed by atoms with van der Waals surface area (Å²) in [5.74, 6) is 0.867. The zero-order valence-electron chi connectivity index (χ0n) is 12.6. The summed E-state index contributed by atoms with van der Waals surface area (Å²) in [7, 11) is -3.43. The van der Waals surface area contributed by atoms with Crippen molar-refractivity contribution < 1.29 is 8.42 Å². The fourth-order valence-corrected chi connectivity index (χ4v) is 3.82. The summed E-state index contributed by atoms with van der Waals surface area (Å²) in [6.45, 7) is 3.82. The highest BCUT2D eigenvalue weighted by Gasteiger charge is 2.26. The first-order valence-corrected chi connectivity index (χ1v) is 8.80. The Kier molecular flexibility index (Phi) is 5.71. The van der Waals surface area contributed by atoms with Gasteiger partial charge in [-0.05, 0) is 30.9 Å². The van der Waals surface area contributed by atoms with E-state index < -0.39 is 10.2 Å². The Bertz CT molecular complexity index is 641. The minimum atomic E-state index is -3.43. The van der Waals surface area contributed by atoms with Gasteiger partial charge in [0.1, 0.15) is 11.9 Å². The van der Waals surface area contributed by atoms with E-state index in [4.69, 9.17) is 5.26 Å². The number of nitrogens with one attached hydrogen (secondary N) is 2. The Balaban J connectivity index is 1.82. The lowest BCUT2D eigenvalue weighted by atomic mass is 10.0. The molecule has 0 spiro atoms. The average Bonchev–Trinajstić information content (AvgIpc) is 2.52. The van der Waals surface area contributed by atoms with Crippen LogP contribution in [0.2, 0.25) is 0 Å². The maximum Gasteiger partial charge on any atom is 0.279 e. The first-order valence-electron chi connectivity index (χ1n) is 7.36. The van der Waals surface area contributed by atoms with Gasteiger partial charge in [-0.1, -0.05) is 6.92 Å². The topological polar surface area (TPSA) is 98.1 Å². The summed E-state index contributed by atoms with van der Waals surface area (Å²) in [6.07, 6.45) is 3.56. The third-order valence-electron chi connectivity index (χ3n) is 3.59. The molecule has 1 atom stereocenters. The summed E-state index contributed by atoms with van der Waals surface area (Å²) >= 11 is 0. The van der Waals surface area contributed by atoms with Crippen LogP contribution in [0.15, 0.2) is 18.3 Å². The van der Waals surface area contributed by atoms with Crippen LogP contribution in [0.5, 0.6) is 0 Å². The van der Waals surface area contributed by atoms with Crippen molar-refractivity contribution in [3.63, 3.8) is 0 Å². The quantitative estimate of drug-likeness (QED) is 0.759. The van der Waals surface area contributed by atoms with Crippen LogP contribution in [0.25, 0.3) is 0 Å². The molecule has 2 heterocycles. The average molecular weight is 323 g/mol. The molecule has 1 saturated heterocycles. The molecule has 0 aliphatic carbocycles. The summed E-state index contributed by atoms with van der Waals surface area (Å²) in [6, 6.07) is 5.38. The van der Waals surface area contributed by atoms with Gasteiger partial charge < -0.3 is 5.32 Å². The van der Waals surface area contributed by atoms with Crippen LogP contribution >= 0.6 is 0 Å². The van der Waals surface area contributed by atoms with Crippen molar-refractivity contribution in [2.75, 3.05) is 31.5 Å². The lowest BCUT2D eigenvalue weighted by Gasteiger charge is -2.30. The Morgan fingerprint density at radius 3 is 3.05 bits per heavy atom. The largest absolute Gasteiger partial charge is 0.368 e. The minimum Gasteiger partial charge on any atom is -0.368 e. The van der Waals surface area contributed by atoms with E-state index in [1.165, 1.54) is 4.31 Å². The Morgan fingerprint density at radius 1 is 1.50 bits per heavy atom. The number of nitriles is 1. The predicted molar refractivity (Wildman–Crippen MR) is 84.3 cm³/mol. The van der Waals surface area contributed by atoms with Crippen LogP contribution in [0.3, 0.4) is 0 Å². The molecule has 1 aromatic heterocycles. The fourth-order valence-electron chi connectivity index (χ4n) is 2.45. The smallest absolute Gasteiger partial charge is 0.279 e. The summed E-state index contributed by atoms with van der Waals surface area (Å²) in [5.41, 5.74) is 0.440. The van der Waals surface area contributed by atoms with Crippen molar-refractivity contribution in [3.05, 3.63) is 23.9 Å². The molecule has 8 heteroatoms. The van der Waals surface area contributed by atoms with Crippen molar-refractivity contribution in [2.45, 2.75) is 19.8 Å². The van der Waals surface area contributed by atoms with E-state index in [1.807, 2.05) is 6.07 Å². The van der Waals surface area contributed by atoms with Crippen molar-refractivity contribution in [3.8, 4) is 6.07 Å². The maximum absolute atomic E-state index is 12.2. The van der Waals surface area contributed by atoms with Gasteiger partial charge in [-0.15, -0.1) is 0 Å². The number of rotatable bonds is 6. The van der Waals surface area contributed by atoms with Gasteiger partial charge in [0.2, 0.25) is 0 Å². The highest BCUT2D eigenvalue weighted by Crippen LogP contribution is 2.17. The highest BCUT2D eigenvalue weighted by atomic mass is 32.2. The minimum absolute atomic E-state index is 0.245. The van der Waals surface area contributed by atoms with Crippen molar-refractivity contribution >= 4 is 16.0 Å². The Labute approximate surface area is 131 Å². The summed E-state index contributed by atoms with van der Waals surface area (Å²) in [4.78, 5) is 4.06. The van der Waals surface area contributed by atoms with Crippen molar-refractivity contribution in [1.82, 2.24) is 14.0 Å². The third kappa shape index (κ3) is 4.40. The molecular formula is C14H21N5O2S. The molecule has 1 aliphatic heterocycles. The molecule has 1 aromatic rings. The molecule has 0 saturated carbocycles. The number of nitrogens with zero attached hydrogens (tertiary/aromatic N) is 3. The molecular weight excluding hydrogens is 302 g/mol. The van der Waals surface area contributed by atoms with E-state index in [9.17, 15) is 8.42 Å². The van der Waals surface area contributed by atoms with E-state index >= 15 is 0 Å².